The van der Waals surface area contributed by atoms with Crippen LogP contribution in [-0.4, -0.2) is 35.9 Å². The number of carboxylic acid groups (broad SMARTS) is 1. The monoisotopic (exact) mass is 345 g/mol. The van der Waals surface area contributed by atoms with Gasteiger partial charge in [-0.05, 0) is 36.4 Å². The molecule has 0 aliphatic rings. The van der Waals surface area contributed by atoms with E-state index in [0.29, 0.717) is 22.8 Å². The van der Waals surface area contributed by atoms with Crippen molar-refractivity contribution in [3.8, 4) is 5.75 Å². The zero-order chi connectivity index (χ0) is 17.5. The fourth-order valence-corrected chi connectivity index (χ4v) is 2.71. The van der Waals surface area contributed by atoms with E-state index in [9.17, 15) is 14.7 Å². The third kappa shape index (κ3) is 3.89. The molecule has 0 aliphatic carbocycles. The lowest BCUT2D eigenvalue weighted by atomic mass is 10.1. The summed E-state index contributed by atoms with van der Waals surface area (Å²) in [4.78, 5) is 26.1. The molecule has 0 fully saturated rings. The number of methoxy groups -OCH3 is 1. The number of aliphatic carboxylic acids is 1. The quantitative estimate of drug-likeness (QED) is 0.757. The van der Waals surface area contributed by atoms with E-state index in [1.165, 1.54) is 12.0 Å². The standard InChI is InChI=1S/C18H19NO4S/c1-23-16-10-6-5-9-14(16)17(20)19(13-7-3-2-4-8-13)15(11-12-24)18(21)22/h2-10,15,24H,11-12H2,1H3,(H,21,22)/t15-/m0/s1. The van der Waals surface area contributed by atoms with Crippen molar-refractivity contribution in [1.82, 2.24) is 0 Å². The SMILES string of the molecule is COc1ccccc1C(=O)N(c1ccccc1)[C@@H](CCS)C(=O)O. The van der Waals surface area contributed by atoms with Gasteiger partial charge in [0.1, 0.15) is 11.8 Å². The van der Waals surface area contributed by atoms with Gasteiger partial charge in [0.15, 0.2) is 0 Å². The van der Waals surface area contributed by atoms with Gasteiger partial charge >= 0.3 is 5.97 Å². The zero-order valence-electron chi connectivity index (χ0n) is 13.3. The van der Waals surface area contributed by atoms with Crippen LogP contribution >= 0.6 is 12.6 Å². The Labute approximate surface area is 146 Å². The van der Waals surface area contributed by atoms with Crippen LogP contribution < -0.4 is 9.64 Å². The highest BCUT2D eigenvalue weighted by Gasteiger charge is 2.32. The molecule has 0 aliphatic heterocycles. The summed E-state index contributed by atoms with van der Waals surface area (Å²) >= 11 is 4.13. The van der Waals surface area contributed by atoms with Crippen molar-refractivity contribution in [2.45, 2.75) is 12.5 Å². The summed E-state index contributed by atoms with van der Waals surface area (Å²) < 4.78 is 5.24. The van der Waals surface area contributed by atoms with E-state index in [0.717, 1.165) is 0 Å². The van der Waals surface area contributed by atoms with Crippen molar-refractivity contribution < 1.29 is 19.4 Å². The lowest BCUT2D eigenvalue weighted by Crippen LogP contribution is -2.45. The molecule has 1 amide bonds. The van der Waals surface area contributed by atoms with Gasteiger partial charge in [-0.2, -0.15) is 12.6 Å². The number of rotatable bonds is 7. The maximum absolute atomic E-state index is 13.1. The highest BCUT2D eigenvalue weighted by molar-refractivity contribution is 7.80. The molecule has 0 aromatic heterocycles. The Morgan fingerprint density at radius 3 is 2.33 bits per heavy atom. The van der Waals surface area contributed by atoms with Gasteiger partial charge in [-0.15, -0.1) is 0 Å². The average Bonchev–Trinajstić information content (AvgIpc) is 2.61. The van der Waals surface area contributed by atoms with Crippen LogP contribution in [-0.2, 0) is 4.79 Å². The Hall–Kier alpha value is -2.47. The first-order valence-corrected chi connectivity index (χ1v) is 8.08. The second kappa shape index (κ2) is 8.40. The molecule has 0 heterocycles. The Morgan fingerprint density at radius 2 is 1.75 bits per heavy atom. The van der Waals surface area contributed by atoms with Crippen LogP contribution in [0.1, 0.15) is 16.8 Å². The number of nitrogens with zero attached hydrogens (tertiary/aromatic N) is 1. The number of para-hydroxylation sites is 2. The first-order chi connectivity index (χ1) is 11.6. The molecule has 0 spiro atoms. The molecule has 2 rings (SSSR count). The molecule has 0 bridgehead atoms. The maximum Gasteiger partial charge on any atom is 0.326 e. The second-order valence-electron chi connectivity index (χ2n) is 5.08. The Morgan fingerprint density at radius 1 is 1.12 bits per heavy atom. The Kier molecular flexibility index (Phi) is 6.26. The predicted octanol–water partition coefficient (Wildman–Crippen LogP) is 3.12. The lowest BCUT2D eigenvalue weighted by molar-refractivity contribution is -0.138. The third-order valence-electron chi connectivity index (χ3n) is 3.59. The van der Waals surface area contributed by atoms with Crippen LogP contribution in [0.3, 0.4) is 0 Å². The molecule has 0 saturated carbocycles. The molecule has 1 N–H and O–H groups in total. The number of benzene rings is 2. The van der Waals surface area contributed by atoms with E-state index in [1.807, 2.05) is 6.07 Å². The van der Waals surface area contributed by atoms with E-state index in [-0.39, 0.29) is 6.42 Å². The zero-order valence-corrected chi connectivity index (χ0v) is 14.1. The fraction of sp³-hybridized carbons (Fsp3) is 0.222. The number of ether oxygens (including phenoxy) is 1. The number of hydrogen-bond donors (Lipinski definition) is 2. The number of carboxylic acids is 1. The maximum atomic E-state index is 13.1. The van der Waals surface area contributed by atoms with Crippen molar-refractivity contribution in [1.29, 1.82) is 0 Å². The van der Waals surface area contributed by atoms with Crippen LogP contribution in [0.5, 0.6) is 5.75 Å². The highest BCUT2D eigenvalue weighted by atomic mass is 32.1. The van der Waals surface area contributed by atoms with E-state index >= 15 is 0 Å². The molecule has 6 heteroatoms. The molecule has 24 heavy (non-hydrogen) atoms. The molecule has 2 aromatic carbocycles. The Bertz CT molecular complexity index is 705. The van der Waals surface area contributed by atoms with Crippen molar-refractivity contribution >= 4 is 30.2 Å². The van der Waals surface area contributed by atoms with Gasteiger partial charge in [0.25, 0.3) is 5.91 Å². The van der Waals surface area contributed by atoms with Crippen LogP contribution in [0.4, 0.5) is 5.69 Å². The summed E-state index contributed by atoms with van der Waals surface area (Å²) in [6.07, 6.45) is 0.230. The smallest absolute Gasteiger partial charge is 0.326 e. The molecular formula is C18H19NO4S. The first kappa shape index (κ1) is 17.9. The van der Waals surface area contributed by atoms with Gasteiger partial charge < -0.3 is 9.84 Å². The molecule has 2 aromatic rings. The predicted molar refractivity (Wildman–Crippen MR) is 96.1 cm³/mol. The number of hydrogen-bond acceptors (Lipinski definition) is 4. The lowest BCUT2D eigenvalue weighted by Gasteiger charge is -2.29. The van der Waals surface area contributed by atoms with Gasteiger partial charge in [0.05, 0.1) is 12.7 Å². The fourth-order valence-electron chi connectivity index (χ4n) is 2.46. The second-order valence-corrected chi connectivity index (χ2v) is 5.52. The molecule has 0 unspecified atom stereocenters. The Balaban J connectivity index is 2.53. The van der Waals surface area contributed by atoms with Gasteiger partial charge in [0.2, 0.25) is 0 Å². The van der Waals surface area contributed by atoms with Crippen LogP contribution in [0, 0.1) is 0 Å². The van der Waals surface area contributed by atoms with Gasteiger partial charge in [-0.25, -0.2) is 4.79 Å². The minimum Gasteiger partial charge on any atom is -0.496 e. The number of thiol groups is 1. The average molecular weight is 345 g/mol. The molecule has 0 saturated heterocycles. The molecule has 1 atom stereocenters. The summed E-state index contributed by atoms with van der Waals surface area (Å²) in [6, 6.07) is 14.5. The normalized spacial score (nSPS) is 11.6. The number of carbonyl (C=O) groups is 2. The van der Waals surface area contributed by atoms with Crippen LogP contribution in [0.25, 0.3) is 0 Å². The largest absolute Gasteiger partial charge is 0.496 e. The minimum atomic E-state index is -1.07. The van der Waals surface area contributed by atoms with Crippen molar-refractivity contribution in [3.63, 3.8) is 0 Å². The van der Waals surface area contributed by atoms with Gasteiger partial charge in [0, 0.05) is 5.69 Å². The van der Waals surface area contributed by atoms with E-state index in [4.69, 9.17) is 4.74 Å². The summed E-state index contributed by atoms with van der Waals surface area (Å²) in [5.41, 5.74) is 0.830. The summed E-state index contributed by atoms with van der Waals surface area (Å²) in [5.74, 6) is -0.748. The van der Waals surface area contributed by atoms with Crippen molar-refractivity contribution in [2.24, 2.45) is 0 Å². The third-order valence-corrected chi connectivity index (χ3v) is 3.85. The van der Waals surface area contributed by atoms with E-state index < -0.39 is 17.9 Å². The molecule has 5 nitrogen and oxygen atoms in total. The summed E-state index contributed by atoms with van der Waals surface area (Å²) in [5, 5.41) is 9.60. The topological polar surface area (TPSA) is 66.8 Å². The number of amides is 1. The van der Waals surface area contributed by atoms with Crippen molar-refractivity contribution in [2.75, 3.05) is 17.8 Å². The summed E-state index contributed by atoms with van der Waals surface area (Å²) in [7, 11) is 1.47. The van der Waals surface area contributed by atoms with E-state index in [2.05, 4.69) is 12.6 Å². The molecule has 126 valence electrons. The van der Waals surface area contributed by atoms with Gasteiger partial charge in [-0.1, -0.05) is 30.3 Å². The van der Waals surface area contributed by atoms with E-state index in [1.54, 1.807) is 48.5 Å². The highest BCUT2D eigenvalue weighted by Crippen LogP contribution is 2.26. The molecular weight excluding hydrogens is 326 g/mol. The van der Waals surface area contributed by atoms with Crippen LogP contribution in [0.15, 0.2) is 54.6 Å². The molecule has 0 radical (unpaired) electrons. The first-order valence-electron chi connectivity index (χ1n) is 7.45. The number of carbonyl (C=O) groups excluding carboxylic acids is 1. The number of anilines is 1. The van der Waals surface area contributed by atoms with Crippen LogP contribution in [0.2, 0.25) is 0 Å². The summed E-state index contributed by atoms with van der Waals surface area (Å²) in [6.45, 7) is 0. The minimum absolute atomic E-state index is 0.230. The van der Waals surface area contributed by atoms with Gasteiger partial charge in [-0.3, -0.25) is 9.69 Å². The van der Waals surface area contributed by atoms with Crippen molar-refractivity contribution in [3.05, 3.63) is 60.2 Å².